The zero-order valence-corrected chi connectivity index (χ0v) is 25.1. The topological polar surface area (TPSA) is 76.7 Å². The van der Waals surface area contributed by atoms with E-state index in [1.165, 1.54) is 18.2 Å². The summed E-state index contributed by atoms with van der Waals surface area (Å²) in [7, 11) is -2.42. The monoisotopic (exact) mass is 607 g/mol. The fourth-order valence-corrected chi connectivity index (χ4v) is 9.68. The third kappa shape index (κ3) is 5.18. The number of ether oxygens (including phenoxy) is 1. The highest BCUT2D eigenvalue weighted by atomic mass is 31.2. The maximum absolute atomic E-state index is 14.2. The van der Waals surface area contributed by atoms with Crippen LogP contribution >= 0.6 is 7.26 Å². The number of phenols is 1. The second-order valence-electron chi connectivity index (χ2n) is 10.7. The van der Waals surface area contributed by atoms with Gasteiger partial charge in [-0.2, -0.15) is 0 Å². The molecule has 0 fully saturated rings. The fraction of sp³-hybridized carbons (Fsp3) is 0.0256. The third-order valence-corrected chi connectivity index (χ3v) is 12.1. The van der Waals surface area contributed by atoms with Crippen LogP contribution in [0.5, 0.6) is 5.75 Å². The molecule has 0 amide bonds. The number of fused-ring (bicyclic) bond motifs is 2. The molecular weight excluding hydrogens is 579 g/mol. The third-order valence-electron chi connectivity index (χ3n) is 8.07. The molecule has 1 heterocycles. The predicted molar refractivity (Wildman–Crippen MR) is 182 cm³/mol. The average molecular weight is 608 g/mol. The molecule has 0 saturated heterocycles. The van der Waals surface area contributed by atoms with Crippen LogP contribution in [0.25, 0.3) is 33.4 Å². The lowest BCUT2D eigenvalue weighted by Gasteiger charge is -2.27. The normalized spacial score (nSPS) is 11.5. The maximum Gasteiger partial charge on any atom is 0.341 e. The van der Waals surface area contributed by atoms with Gasteiger partial charge < -0.3 is 14.3 Å². The maximum atomic E-state index is 14.2. The van der Waals surface area contributed by atoms with Crippen molar-refractivity contribution in [2.75, 3.05) is 6.35 Å². The van der Waals surface area contributed by atoms with Crippen molar-refractivity contribution in [3.8, 4) is 28.2 Å². The van der Waals surface area contributed by atoms with Crippen molar-refractivity contribution in [1.29, 1.82) is 0 Å². The largest absolute Gasteiger partial charge is 0.508 e. The van der Waals surface area contributed by atoms with Crippen molar-refractivity contribution < 1.29 is 19.1 Å². The van der Waals surface area contributed by atoms with Gasteiger partial charge in [-0.3, -0.25) is 4.79 Å². The van der Waals surface area contributed by atoms with E-state index in [2.05, 4.69) is 36.4 Å². The molecule has 0 aromatic heterocycles. The molecule has 45 heavy (non-hydrogen) atoms. The van der Waals surface area contributed by atoms with Crippen LogP contribution in [-0.2, 0) is 4.74 Å². The first-order chi connectivity index (χ1) is 22.0. The average Bonchev–Trinajstić information content (AvgIpc) is 3.09. The van der Waals surface area contributed by atoms with E-state index in [1.807, 2.05) is 72.8 Å². The van der Waals surface area contributed by atoms with Gasteiger partial charge in [0.15, 0.2) is 12.7 Å². The van der Waals surface area contributed by atoms with Gasteiger partial charge >= 0.3 is 5.97 Å². The summed E-state index contributed by atoms with van der Waals surface area (Å²) in [4.78, 5) is 26.5. The minimum absolute atomic E-state index is 0.0329. The first kappa shape index (κ1) is 28.3. The van der Waals surface area contributed by atoms with E-state index in [0.29, 0.717) is 39.0 Å². The van der Waals surface area contributed by atoms with E-state index in [0.717, 1.165) is 15.9 Å². The molecule has 1 N–H and O–H groups in total. The number of rotatable bonds is 7. The molecule has 1 aliphatic carbocycles. The number of aromatic hydroxyl groups is 1. The van der Waals surface area contributed by atoms with Gasteiger partial charge in [-0.25, -0.2) is 4.79 Å². The molecule has 2 aliphatic rings. The van der Waals surface area contributed by atoms with Gasteiger partial charge in [0.2, 0.25) is 6.35 Å². The summed E-state index contributed by atoms with van der Waals surface area (Å²) < 4.78 is 12.4. The van der Waals surface area contributed by atoms with Crippen molar-refractivity contribution in [3.05, 3.63) is 167 Å². The van der Waals surface area contributed by atoms with E-state index < -0.39 is 13.2 Å². The van der Waals surface area contributed by atoms with Crippen molar-refractivity contribution in [2.45, 2.75) is 0 Å². The molecule has 7 rings (SSSR count). The first-order valence-electron chi connectivity index (χ1n) is 14.6. The minimum Gasteiger partial charge on any atom is -0.508 e. The fourth-order valence-electron chi connectivity index (χ4n) is 5.98. The number of hydrogen-bond acceptors (Lipinski definition) is 5. The summed E-state index contributed by atoms with van der Waals surface area (Å²) in [6, 6.07) is 47.5. The Bertz CT molecular complexity index is 2060. The SMILES string of the molecule is O=C(OC[P+](c1ccccc1)(c1ccccc1)c1ccccc1)c1ccccc1-c1c2ccc(=O)cc-2oc2cc(O)ccc12. The number of benzene rings is 6. The van der Waals surface area contributed by atoms with Crippen molar-refractivity contribution in [3.63, 3.8) is 0 Å². The van der Waals surface area contributed by atoms with Gasteiger partial charge in [-0.15, -0.1) is 0 Å². The van der Waals surface area contributed by atoms with Crippen LogP contribution in [0.1, 0.15) is 10.4 Å². The minimum atomic E-state index is -2.42. The summed E-state index contributed by atoms with van der Waals surface area (Å²) in [6.45, 7) is 0. The van der Waals surface area contributed by atoms with Crippen LogP contribution < -0.4 is 21.3 Å². The lowest BCUT2D eigenvalue weighted by molar-refractivity contribution is 0.0576. The predicted octanol–water partition coefficient (Wildman–Crippen LogP) is 7.38. The van der Waals surface area contributed by atoms with Crippen LogP contribution in [0.2, 0.25) is 0 Å². The van der Waals surface area contributed by atoms with E-state index in [1.54, 1.807) is 24.3 Å². The molecule has 0 radical (unpaired) electrons. The molecule has 1 aliphatic heterocycles. The zero-order valence-electron chi connectivity index (χ0n) is 24.2. The van der Waals surface area contributed by atoms with Gasteiger partial charge in [-0.1, -0.05) is 72.8 Å². The molecule has 218 valence electrons. The van der Waals surface area contributed by atoms with Gasteiger partial charge in [-0.05, 0) is 72.3 Å². The van der Waals surface area contributed by atoms with Crippen LogP contribution in [0.15, 0.2) is 161 Å². The molecule has 0 unspecified atom stereocenters. The second-order valence-corrected chi connectivity index (χ2v) is 14.2. The highest BCUT2D eigenvalue weighted by Gasteiger charge is 2.47. The van der Waals surface area contributed by atoms with E-state index in [-0.39, 0.29) is 17.5 Å². The Morgan fingerprint density at radius 1 is 0.644 bits per heavy atom. The summed E-state index contributed by atoms with van der Waals surface area (Å²) >= 11 is 0. The smallest absolute Gasteiger partial charge is 0.341 e. The number of carbonyl (C=O) groups is 1. The molecule has 6 heteroatoms. The highest BCUT2D eigenvalue weighted by molar-refractivity contribution is 7.95. The van der Waals surface area contributed by atoms with E-state index in [4.69, 9.17) is 9.15 Å². The van der Waals surface area contributed by atoms with Crippen LogP contribution in [0, 0.1) is 0 Å². The number of hydrogen-bond donors (Lipinski definition) is 1. The van der Waals surface area contributed by atoms with Gasteiger partial charge in [0.25, 0.3) is 0 Å². The summed E-state index contributed by atoms with van der Waals surface area (Å²) in [6.07, 6.45) is 0.164. The summed E-state index contributed by atoms with van der Waals surface area (Å²) in [5.74, 6) is -0.0643. The van der Waals surface area contributed by atoms with Gasteiger partial charge in [0.05, 0.1) is 5.56 Å². The van der Waals surface area contributed by atoms with Crippen LogP contribution in [0.4, 0.5) is 0 Å². The number of carbonyl (C=O) groups excluding carboxylic acids is 1. The Kier molecular flexibility index (Phi) is 7.46. The van der Waals surface area contributed by atoms with Crippen molar-refractivity contribution in [1.82, 2.24) is 0 Å². The molecule has 5 aromatic rings. The Labute approximate surface area is 260 Å². The van der Waals surface area contributed by atoms with Crippen molar-refractivity contribution in [2.24, 2.45) is 0 Å². The molecule has 5 aromatic carbocycles. The molecule has 0 atom stereocenters. The lowest BCUT2D eigenvalue weighted by atomic mass is 9.91. The molecular formula is C39H28O5P+. The lowest BCUT2D eigenvalue weighted by Crippen LogP contribution is -2.34. The second kappa shape index (κ2) is 11.9. The Balaban J connectivity index is 1.37. The molecule has 0 spiro atoms. The first-order valence-corrected chi connectivity index (χ1v) is 16.5. The molecule has 0 bridgehead atoms. The quantitative estimate of drug-likeness (QED) is 0.116. The highest BCUT2D eigenvalue weighted by Crippen LogP contribution is 2.55. The van der Waals surface area contributed by atoms with Crippen LogP contribution in [-0.4, -0.2) is 17.4 Å². The zero-order chi connectivity index (χ0) is 30.8. The molecule has 5 nitrogen and oxygen atoms in total. The molecule has 0 saturated carbocycles. The summed E-state index contributed by atoms with van der Waals surface area (Å²) in [5, 5.41) is 14.2. The van der Waals surface area contributed by atoms with Crippen molar-refractivity contribution >= 4 is 40.1 Å². The number of esters is 1. The van der Waals surface area contributed by atoms with Gasteiger partial charge in [0.1, 0.15) is 33.0 Å². The van der Waals surface area contributed by atoms with Crippen LogP contribution in [0.3, 0.4) is 0 Å². The Hall–Kier alpha value is -5.51. The van der Waals surface area contributed by atoms with E-state index in [9.17, 15) is 14.7 Å². The van der Waals surface area contributed by atoms with E-state index >= 15 is 0 Å². The standard InChI is InChI=1S/C39H27O5P/c40-27-20-22-34-36(24-27)44-37-25-28(41)21-23-35(37)38(34)32-18-10-11-19-33(32)39(42)43-26-45(29-12-4-1-5-13-29,30-14-6-2-7-15-30)31-16-8-3-9-17-31/h1-25H,26H2/p+1. The Morgan fingerprint density at radius 3 is 1.84 bits per heavy atom. The Morgan fingerprint density at radius 2 is 1.22 bits per heavy atom. The van der Waals surface area contributed by atoms with Gasteiger partial charge in [0, 0.05) is 28.6 Å². The summed E-state index contributed by atoms with van der Waals surface area (Å²) in [5.41, 5.74) is 2.61. The number of phenolic OH excluding ortho intramolecular Hbond substituents is 1.